The van der Waals surface area contributed by atoms with Crippen molar-refractivity contribution in [3.63, 3.8) is 0 Å². The molecule has 13 heavy (non-hydrogen) atoms. The van der Waals surface area contributed by atoms with Gasteiger partial charge >= 0.3 is 0 Å². The summed E-state index contributed by atoms with van der Waals surface area (Å²) in [6.07, 6.45) is 1.59. The Bertz CT molecular complexity index is 349. The summed E-state index contributed by atoms with van der Waals surface area (Å²) in [5.74, 6) is 5.31. The lowest BCUT2D eigenvalue weighted by atomic mass is 10.2. The van der Waals surface area contributed by atoms with Gasteiger partial charge in [-0.25, -0.2) is 10.3 Å². The summed E-state index contributed by atoms with van der Waals surface area (Å²) >= 11 is 0. The highest BCUT2D eigenvalue weighted by Gasteiger charge is 2.25. The molecule has 0 radical (unpaired) electrons. The minimum absolute atomic E-state index is 0.215. The summed E-state index contributed by atoms with van der Waals surface area (Å²) in [6, 6.07) is 0. The van der Waals surface area contributed by atoms with Gasteiger partial charge in [-0.05, 0) is 22.2 Å². The van der Waals surface area contributed by atoms with Gasteiger partial charge in [-0.3, -0.25) is 9.80 Å². The summed E-state index contributed by atoms with van der Waals surface area (Å²) in [5.41, 5.74) is 1.21. The Morgan fingerprint density at radius 2 is 2.31 bits per heavy atom. The molecule has 0 aliphatic carbocycles. The van der Waals surface area contributed by atoms with Crippen LogP contribution in [0.15, 0.2) is 0 Å². The predicted molar refractivity (Wildman–Crippen MR) is 48.7 cm³/mol. The highest BCUT2D eigenvalue weighted by Crippen LogP contribution is 2.15. The highest BCUT2D eigenvalue weighted by atomic mass is 31.0. The Balaban J connectivity index is 2.49. The number of hydrazine groups is 1. The van der Waals surface area contributed by atoms with Crippen molar-refractivity contribution < 1.29 is 4.79 Å². The molecule has 7 heteroatoms. The lowest BCUT2D eigenvalue weighted by Gasteiger charge is -2.12. The van der Waals surface area contributed by atoms with Gasteiger partial charge < -0.3 is 0 Å². The van der Waals surface area contributed by atoms with Crippen LogP contribution >= 0.6 is 9.39 Å². The molecule has 70 valence electrons. The SMILES string of the molecule is NN1CCCc2nnn(P)c2C1=O. The number of carbonyl (C=O) groups excluding carboxylic acids is 1. The number of rotatable bonds is 0. The maximum absolute atomic E-state index is 11.6. The van der Waals surface area contributed by atoms with Crippen molar-refractivity contribution in [2.24, 2.45) is 5.84 Å². The fraction of sp³-hybridized carbons (Fsp3) is 0.500. The van der Waals surface area contributed by atoms with E-state index in [1.54, 1.807) is 0 Å². The van der Waals surface area contributed by atoms with Crippen molar-refractivity contribution in [2.75, 3.05) is 6.54 Å². The van der Waals surface area contributed by atoms with Crippen molar-refractivity contribution >= 4 is 15.3 Å². The first kappa shape index (κ1) is 8.59. The van der Waals surface area contributed by atoms with Gasteiger partial charge in [-0.1, -0.05) is 5.21 Å². The van der Waals surface area contributed by atoms with E-state index in [-0.39, 0.29) is 5.91 Å². The molecule has 1 aromatic rings. The van der Waals surface area contributed by atoms with Crippen molar-refractivity contribution in [1.82, 2.24) is 19.8 Å². The molecule has 1 atom stereocenters. The Morgan fingerprint density at radius 3 is 3.08 bits per heavy atom. The molecule has 0 spiro atoms. The van der Waals surface area contributed by atoms with Gasteiger partial charge in [0.25, 0.3) is 5.91 Å². The number of aromatic nitrogens is 3. The van der Waals surface area contributed by atoms with E-state index in [1.165, 1.54) is 9.46 Å². The van der Waals surface area contributed by atoms with E-state index in [9.17, 15) is 4.79 Å². The van der Waals surface area contributed by atoms with Crippen LogP contribution in [0.25, 0.3) is 0 Å². The third kappa shape index (κ3) is 1.32. The van der Waals surface area contributed by atoms with Crippen molar-refractivity contribution in [3.05, 3.63) is 11.4 Å². The lowest BCUT2D eigenvalue weighted by molar-refractivity contribution is 0.0753. The molecule has 1 unspecified atom stereocenters. The third-order valence-electron chi connectivity index (χ3n) is 2.04. The number of nitrogens with two attached hydrogens (primary N) is 1. The molecule has 1 amide bonds. The van der Waals surface area contributed by atoms with Gasteiger partial charge in [0.1, 0.15) is 0 Å². The van der Waals surface area contributed by atoms with Crippen LogP contribution in [0.1, 0.15) is 22.6 Å². The van der Waals surface area contributed by atoms with Gasteiger partial charge in [0.15, 0.2) is 5.69 Å². The number of carbonyl (C=O) groups is 1. The second-order valence-electron chi connectivity index (χ2n) is 2.93. The van der Waals surface area contributed by atoms with Crippen LogP contribution in [0.5, 0.6) is 0 Å². The van der Waals surface area contributed by atoms with Gasteiger partial charge in [-0.2, -0.15) is 0 Å². The van der Waals surface area contributed by atoms with Gasteiger partial charge in [-0.15, -0.1) is 5.10 Å². The predicted octanol–water partition coefficient (Wildman–Crippen LogP) is -0.822. The normalized spacial score (nSPS) is 17.1. The number of aryl methyl sites for hydroxylation is 1. The van der Waals surface area contributed by atoms with Gasteiger partial charge in [0.2, 0.25) is 0 Å². The molecule has 2 rings (SSSR count). The van der Waals surface area contributed by atoms with Crippen LogP contribution in [0, 0.1) is 0 Å². The van der Waals surface area contributed by atoms with Crippen LogP contribution in [-0.2, 0) is 6.42 Å². The van der Waals surface area contributed by atoms with Gasteiger partial charge in [0.05, 0.1) is 5.69 Å². The monoisotopic (exact) mass is 199 g/mol. The summed E-state index contributed by atoms with van der Waals surface area (Å²) in [6.45, 7) is 0.569. The van der Waals surface area contributed by atoms with Crippen LogP contribution in [0.2, 0.25) is 0 Å². The molecule has 0 aromatic carbocycles. The molecular formula is C6H10N5OP. The van der Waals surface area contributed by atoms with E-state index in [1.807, 2.05) is 0 Å². The zero-order chi connectivity index (χ0) is 9.42. The van der Waals surface area contributed by atoms with Gasteiger partial charge in [0, 0.05) is 6.54 Å². The topological polar surface area (TPSA) is 77.0 Å². The maximum Gasteiger partial charge on any atom is 0.288 e. The van der Waals surface area contributed by atoms with Crippen molar-refractivity contribution in [2.45, 2.75) is 12.8 Å². The molecule has 0 saturated heterocycles. The van der Waals surface area contributed by atoms with Crippen molar-refractivity contribution in [1.29, 1.82) is 0 Å². The van der Waals surface area contributed by atoms with Crippen LogP contribution in [0.3, 0.4) is 0 Å². The number of nitrogens with zero attached hydrogens (tertiary/aromatic N) is 4. The van der Waals surface area contributed by atoms with E-state index in [0.29, 0.717) is 12.2 Å². The van der Waals surface area contributed by atoms with Crippen molar-refractivity contribution in [3.8, 4) is 0 Å². The number of amides is 1. The van der Waals surface area contributed by atoms with Crippen LogP contribution < -0.4 is 5.84 Å². The van der Waals surface area contributed by atoms with E-state index < -0.39 is 0 Å². The zero-order valence-corrected chi connectivity index (χ0v) is 8.13. The molecule has 2 heterocycles. The average molecular weight is 199 g/mol. The average Bonchev–Trinajstić information content (AvgIpc) is 2.39. The van der Waals surface area contributed by atoms with Crippen LogP contribution in [0.4, 0.5) is 0 Å². The quantitative estimate of drug-likeness (QED) is 0.336. The smallest absolute Gasteiger partial charge is 0.275 e. The third-order valence-corrected chi connectivity index (χ3v) is 2.40. The second-order valence-corrected chi connectivity index (χ2v) is 3.42. The Hall–Kier alpha value is -1.00. The fourth-order valence-electron chi connectivity index (χ4n) is 1.37. The first-order chi connectivity index (χ1) is 6.20. The molecule has 1 aromatic heterocycles. The highest BCUT2D eigenvalue weighted by molar-refractivity contribution is 7.14. The minimum atomic E-state index is -0.215. The summed E-state index contributed by atoms with van der Waals surface area (Å²) in [4.78, 5) is 11.6. The number of hydrogen-bond acceptors (Lipinski definition) is 4. The number of hydrogen-bond donors (Lipinski definition) is 1. The Labute approximate surface area is 77.3 Å². The Kier molecular flexibility index (Phi) is 2.01. The molecule has 0 fully saturated rings. The van der Waals surface area contributed by atoms with E-state index in [4.69, 9.17) is 5.84 Å². The minimum Gasteiger partial charge on any atom is -0.275 e. The summed E-state index contributed by atoms with van der Waals surface area (Å²) < 4.78 is 1.39. The molecular weight excluding hydrogens is 189 g/mol. The summed E-state index contributed by atoms with van der Waals surface area (Å²) in [5, 5.41) is 8.85. The molecule has 1 aliphatic rings. The molecule has 0 saturated carbocycles. The Morgan fingerprint density at radius 1 is 1.54 bits per heavy atom. The summed E-state index contributed by atoms with van der Waals surface area (Å²) in [7, 11) is 2.32. The molecule has 1 aliphatic heterocycles. The van der Waals surface area contributed by atoms with Crippen LogP contribution in [-0.4, -0.2) is 32.2 Å². The first-order valence-corrected chi connectivity index (χ1v) is 4.48. The largest absolute Gasteiger partial charge is 0.288 e. The second kappa shape index (κ2) is 3.05. The lowest BCUT2D eigenvalue weighted by Crippen LogP contribution is -2.37. The molecule has 0 bridgehead atoms. The zero-order valence-electron chi connectivity index (χ0n) is 6.97. The van der Waals surface area contributed by atoms with E-state index >= 15 is 0 Å². The van der Waals surface area contributed by atoms with E-state index in [2.05, 4.69) is 19.7 Å². The number of fused-ring (bicyclic) bond motifs is 1. The standard InChI is InChI=1S/C6H10N5OP/c7-10-3-1-2-4-5(6(10)12)11(13)9-8-4/h1-3,7,13H2. The fourth-order valence-corrected chi connectivity index (χ4v) is 1.68. The molecule has 2 N–H and O–H groups in total. The maximum atomic E-state index is 11.6. The van der Waals surface area contributed by atoms with E-state index in [0.717, 1.165) is 18.5 Å². The molecule has 6 nitrogen and oxygen atoms in total. The first-order valence-electron chi connectivity index (χ1n) is 3.96.